The van der Waals surface area contributed by atoms with Crippen LogP contribution in [0.1, 0.15) is 37.4 Å². The first-order valence-electron chi connectivity index (χ1n) is 6.58. The van der Waals surface area contributed by atoms with Crippen molar-refractivity contribution in [3.8, 4) is 0 Å². The van der Waals surface area contributed by atoms with Gasteiger partial charge < -0.3 is 5.73 Å². The fourth-order valence-electron chi connectivity index (χ4n) is 2.63. The predicted octanol–water partition coefficient (Wildman–Crippen LogP) is 2.51. The Morgan fingerprint density at radius 3 is 2.83 bits per heavy atom. The van der Waals surface area contributed by atoms with Crippen LogP contribution in [-0.2, 0) is 6.54 Å². The van der Waals surface area contributed by atoms with Crippen LogP contribution >= 0.6 is 12.4 Å². The van der Waals surface area contributed by atoms with Crippen molar-refractivity contribution in [1.82, 2.24) is 9.88 Å². The van der Waals surface area contributed by atoms with Gasteiger partial charge in [-0.3, -0.25) is 9.88 Å². The summed E-state index contributed by atoms with van der Waals surface area (Å²) in [5.74, 6) is 0. The number of rotatable bonds is 3. The lowest BCUT2D eigenvalue weighted by Crippen LogP contribution is -2.48. The van der Waals surface area contributed by atoms with Gasteiger partial charge in [0, 0.05) is 30.5 Å². The molecule has 0 radical (unpaired) electrons. The molecule has 2 heterocycles. The molecular weight excluding hydrogens is 246 g/mol. The van der Waals surface area contributed by atoms with Crippen LogP contribution in [0.3, 0.4) is 0 Å². The van der Waals surface area contributed by atoms with Crippen molar-refractivity contribution in [3.05, 3.63) is 29.6 Å². The van der Waals surface area contributed by atoms with E-state index in [0.717, 1.165) is 12.2 Å². The molecule has 1 saturated heterocycles. The normalized spacial score (nSPS) is 22.3. The highest BCUT2D eigenvalue weighted by Gasteiger charge is 2.25. The Bertz CT molecular complexity index is 351. The minimum Gasteiger partial charge on any atom is -0.327 e. The summed E-state index contributed by atoms with van der Waals surface area (Å²) in [5.41, 5.74) is 8.45. The maximum Gasteiger partial charge on any atom is 0.0372 e. The van der Waals surface area contributed by atoms with Gasteiger partial charge in [0.2, 0.25) is 0 Å². The number of nitrogens with zero attached hydrogens (tertiary/aromatic N) is 2. The van der Waals surface area contributed by atoms with E-state index in [-0.39, 0.29) is 18.4 Å². The molecule has 2 N–H and O–H groups in total. The summed E-state index contributed by atoms with van der Waals surface area (Å²) in [6.45, 7) is 6.30. The summed E-state index contributed by atoms with van der Waals surface area (Å²) in [7, 11) is 0. The molecule has 1 aromatic rings. The summed E-state index contributed by atoms with van der Waals surface area (Å²) in [6, 6.07) is 5.05. The smallest absolute Gasteiger partial charge is 0.0372 e. The summed E-state index contributed by atoms with van der Waals surface area (Å²) >= 11 is 0. The van der Waals surface area contributed by atoms with Gasteiger partial charge in [-0.15, -0.1) is 12.4 Å². The van der Waals surface area contributed by atoms with Crippen molar-refractivity contribution in [2.45, 2.75) is 51.7 Å². The van der Waals surface area contributed by atoms with Gasteiger partial charge in [-0.05, 0) is 44.9 Å². The minimum absolute atomic E-state index is 0. The highest BCUT2D eigenvalue weighted by molar-refractivity contribution is 5.85. The van der Waals surface area contributed by atoms with Crippen LogP contribution in [0.5, 0.6) is 0 Å². The van der Waals surface area contributed by atoms with Crippen LogP contribution in [-0.4, -0.2) is 28.5 Å². The van der Waals surface area contributed by atoms with E-state index >= 15 is 0 Å². The van der Waals surface area contributed by atoms with Crippen molar-refractivity contribution in [2.24, 2.45) is 5.73 Å². The van der Waals surface area contributed by atoms with Crippen molar-refractivity contribution >= 4 is 12.4 Å². The molecule has 0 bridgehead atoms. The number of halogens is 1. The van der Waals surface area contributed by atoms with Gasteiger partial charge in [-0.2, -0.15) is 0 Å². The van der Waals surface area contributed by atoms with Crippen LogP contribution in [0.15, 0.2) is 18.3 Å². The molecule has 1 fully saturated rings. The number of pyridine rings is 1. The molecular formula is C14H24ClN3. The Morgan fingerprint density at radius 1 is 1.44 bits per heavy atom. The van der Waals surface area contributed by atoms with Gasteiger partial charge in [0.1, 0.15) is 0 Å². The SMILES string of the molecule is Cc1ccc(CN2CCCCC2C(C)N)cn1.Cl. The monoisotopic (exact) mass is 269 g/mol. The number of hydrogen-bond acceptors (Lipinski definition) is 3. The average molecular weight is 270 g/mol. The molecule has 1 aliphatic heterocycles. The topological polar surface area (TPSA) is 42.1 Å². The zero-order chi connectivity index (χ0) is 12.3. The molecule has 18 heavy (non-hydrogen) atoms. The Morgan fingerprint density at radius 2 is 2.22 bits per heavy atom. The first-order chi connectivity index (χ1) is 8.16. The second-order valence-corrected chi connectivity index (χ2v) is 5.20. The number of aromatic nitrogens is 1. The molecule has 1 aliphatic rings. The second-order valence-electron chi connectivity index (χ2n) is 5.20. The molecule has 3 nitrogen and oxygen atoms in total. The Balaban J connectivity index is 0.00000162. The van der Waals surface area contributed by atoms with Gasteiger partial charge in [-0.1, -0.05) is 12.5 Å². The fourth-order valence-corrected chi connectivity index (χ4v) is 2.63. The lowest BCUT2D eigenvalue weighted by molar-refractivity contribution is 0.123. The molecule has 0 aliphatic carbocycles. The van der Waals surface area contributed by atoms with E-state index in [9.17, 15) is 0 Å². The van der Waals surface area contributed by atoms with E-state index in [1.54, 1.807) is 0 Å². The minimum atomic E-state index is 0. The van der Waals surface area contributed by atoms with Gasteiger partial charge in [0.15, 0.2) is 0 Å². The van der Waals surface area contributed by atoms with E-state index in [1.807, 2.05) is 13.1 Å². The summed E-state index contributed by atoms with van der Waals surface area (Å²) in [6.07, 6.45) is 5.83. The lowest BCUT2D eigenvalue weighted by atomic mass is 9.96. The zero-order valence-electron chi connectivity index (χ0n) is 11.3. The molecule has 1 aromatic heterocycles. The summed E-state index contributed by atoms with van der Waals surface area (Å²) in [5, 5.41) is 0. The van der Waals surface area contributed by atoms with Gasteiger partial charge in [-0.25, -0.2) is 0 Å². The van der Waals surface area contributed by atoms with Gasteiger partial charge in [0.05, 0.1) is 0 Å². The van der Waals surface area contributed by atoms with E-state index in [4.69, 9.17) is 5.73 Å². The standard InChI is InChI=1S/C14H23N3.ClH/c1-11-6-7-13(9-16-11)10-17-8-4-3-5-14(17)12(2)15;/h6-7,9,12,14H,3-5,8,10,15H2,1-2H3;1H. The Kier molecular flexibility index (Phi) is 6.06. The van der Waals surface area contributed by atoms with E-state index in [0.29, 0.717) is 6.04 Å². The molecule has 0 aromatic carbocycles. The Labute approximate surface area is 116 Å². The van der Waals surface area contributed by atoms with E-state index in [2.05, 4.69) is 28.9 Å². The number of aryl methyl sites for hydroxylation is 1. The van der Waals surface area contributed by atoms with Gasteiger partial charge in [0.25, 0.3) is 0 Å². The van der Waals surface area contributed by atoms with Crippen LogP contribution in [0.25, 0.3) is 0 Å². The van der Waals surface area contributed by atoms with Crippen LogP contribution in [0.2, 0.25) is 0 Å². The summed E-state index contributed by atoms with van der Waals surface area (Å²) < 4.78 is 0. The van der Waals surface area contributed by atoms with Crippen LogP contribution in [0, 0.1) is 6.92 Å². The number of hydrogen-bond donors (Lipinski definition) is 1. The molecule has 0 saturated carbocycles. The number of likely N-dealkylation sites (tertiary alicyclic amines) is 1. The zero-order valence-corrected chi connectivity index (χ0v) is 12.1. The third kappa shape index (κ3) is 3.94. The third-order valence-electron chi connectivity index (χ3n) is 3.63. The third-order valence-corrected chi connectivity index (χ3v) is 3.63. The van der Waals surface area contributed by atoms with Gasteiger partial charge >= 0.3 is 0 Å². The molecule has 2 rings (SSSR count). The van der Waals surface area contributed by atoms with Crippen molar-refractivity contribution in [3.63, 3.8) is 0 Å². The molecule has 4 heteroatoms. The maximum absolute atomic E-state index is 6.08. The first-order valence-corrected chi connectivity index (χ1v) is 6.58. The van der Waals surface area contributed by atoms with Crippen LogP contribution < -0.4 is 5.73 Å². The number of piperidine rings is 1. The highest BCUT2D eigenvalue weighted by Crippen LogP contribution is 2.21. The highest BCUT2D eigenvalue weighted by atomic mass is 35.5. The summed E-state index contributed by atoms with van der Waals surface area (Å²) in [4.78, 5) is 6.87. The molecule has 0 amide bonds. The largest absolute Gasteiger partial charge is 0.327 e. The van der Waals surface area contributed by atoms with E-state index < -0.39 is 0 Å². The molecule has 102 valence electrons. The lowest BCUT2D eigenvalue weighted by Gasteiger charge is -2.38. The maximum atomic E-state index is 6.08. The fraction of sp³-hybridized carbons (Fsp3) is 0.643. The van der Waals surface area contributed by atoms with Crippen molar-refractivity contribution in [2.75, 3.05) is 6.54 Å². The molecule has 2 unspecified atom stereocenters. The number of nitrogens with two attached hydrogens (primary N) is 1. The predicted molar refractivity (Wildman–Crippen MR) is 77.9 cm³/mol. The molecule has 2 atom stereocenters. The Hall–Kier alpha value is -0.640. The second kappa shape index (κ2) is 7.07. The van der Waals surface area contributed by atoms with Crippen LogP contribution in [0.4, 0.5) is 0 Å². The van der Waals surface area contributed by atoms with E-state index in [1.165, 1.54) is 31.4 Å². The van der Waals surface area contributed by atoms with Crippen molar-refractivity contribution in [1.29, 1.82) is 0 Å². The average Bonchev–Trinajstić information content (AvgIpc) is 2.32. The molecule has 0 spiro atoms. The van der Waals surface area contributed by atoms with Crippen molar-refractivity contribution < 1.29 is 0 Å². The first kappa shape index (κ1) is 15.4. The quantitative estimate of drug-likeness (QED) is 0.917.